The van der Waals surface area contributed by atoms with Gasteiger partial charge in [-0.3, -0.25) is 4.79 Å². The lowest BCUT2D eigenvalue weighted by molar-refractivity contribution is -0.144. The zero-order valence-electron chi connectivity index (χ0n) is 23.4. The Morgan fingerprint density at radius 3 is 2.55 bits per heavy atom. The van der Waals surface area contributed by atoms with Crippen LogP contribution in [0.1, 0.15) is 60.7 Å². The van der Waals surface area contributed by atoms with Gasteiger partial charge in [0.15, 0.2) is 9.84 Å². The van der Waals surface area contributed by atoms with Crippen molar-refractivity contribution in [3.8, 4) is 0 Å². The van der Waals surface area contributed by atoms with Crippen LogP contribution in [0.5, 0.6) is 0 Å². The molecule has 0 aliphatic heterocycles. The number of carbonyl (C=O) groups excluding carboxylic acids is 1. The average molecular weight is 601 g/mol. The van der Waals surface area contributed by atoms with E-state index in [1.165, 1.54) is 23.5 Å². The van der Waals surface area contributed by atoms with Gasteiger partial charge in [-0.2, -0.15) is 0 Å². The number of aliphatic hydroxyl groups excluding tert-OH is 1. The van der Waals surface area contributed by atoms with Crippen LogP contribution in [0, 0.1) is 23.2 Å². The van der Waals surface area contributed by atoms with Gasteiger partial charge in [-0.25, -0.2) is 13.4 Å². The number of fused-ring (bicyclic) bond motifs is 2. The summed E-state index contributed by atoms with van der Waals surface area (Å²) in [7, 11) is -1.73. The molecule has 3 aromatic rings. The molecular formula is C31H37ClN2O4S2. The monoisotopic (exact) mass is 600 g/mol. The first kappa shape index (κ1) is 29.2. The van der Waals surface area contributed by atoms with E-state index in [0.717, 1.165) is 35.4 Å². The van der Waals surface area contributed by atoms with Gasteiger partial charge in [-0.05, 0) is 66.3 Å². The summed E-state index contributed by atoms with van der Waals surface area (Å²) >= 11 is 7.42. The highest BCUT2D eigenvalue weighted by Gasteiger charge is 2.54. The molecular weight excluding hydrogens is 564 g/mol. The molecule has 2 aromatic carbocycles. The first-order valence-corrected chi connectivity index (χ1v) is 16.7. The Kier molecular flexibility index (Phi) is 8.18. The number of amides is 1. The maximum Gasteiger partial charge on any atom is 0.225 e. The molecule has 6 unspecified atom stereocenters. The van der Waals surface area contributed by atoms with Crippen LogP contribution < -0.4 is 0 Å². The second kappa shape index (κ2) is 11.2. The van der Waals surface area contributed by atoms with Crippen LogP contribution in [-0.2, 0) is 33.4 Å². The second-order valence-electron chi connectivity index (χ2n) is 11.9. The van der Waals surface area contributed by atoms with Crippen molar-refractivity contribution >= 4 is 38.7 Å². The largest absolute Gasteiger partial charge is 0.392 e. The van der Waals surface area contributed by atoms with E-state index in [-0.39, 0.29) is 45.6 Å². The predicted octanol–water partition coefficient (Wildman–Crippen LogP) is 6.12. The highest BCUT2D eigenvalue weighted by atomic mass is 35.5. The van der Waals surface area contributed by atoms with Crippen molar-refractivity contribution in [1.82, 2.24) is 9.88 Å². The predicted molar refractivity (Wildman–Crippen MR) is 159 cm³/mol. The molecule has 214 valence electrons. The summed E-state index contributed by atoms with van der Waals surface area (Å²) in [6, 6.07) is 16.1. The fourth-order valence-corrected chi connectivity index (χ4v) is 10.1. The van der Waals surface area contributed by atoms with Crippen molar-refractivity contribution in [3.63, 3.8) is 0 Å². The van der Waals surface area contributed by atoms with Crippen molar-refractivity contribution in [2.24, 2.45) is 23.2 Å². The standard InChI is InChI=1S/C31H37ClN2O4S2/c1-19(30(36)34(4)17-21-8-6-5-7-9-21)24-14-15-31(3)16-25-28(20(2)27(31)29(24)35)33-26(39-25)18-40(37,38)23-12-10-22(32)11-13-23/h5-13,19-20,24,27,29,35H,14-18H2,1-4H3. The summed E-state index contributed by atoms with van der Waals surface area (Å²) in [6.45, 7) is 6.81. The number of benzene rings is 2. The molecule has 0 saturated heterocycles. The minimum atomic E-state index is -3.56. The third-order valence-corrected chi connectivity index (χ3v) is 12.3. The number of aromatic nitrogens is 1. The van der Waals surface area contributed by atoms with Crippen molar-refractivity contribution in [1.29, 1.82) is 0 Å². The molecule has 0 radical (unpaired) electrons. The SMILES string of the molecule is CC(C(=O)N(C)Cc1ccccc1)C1CCC2(C)Cc3sc(CS(=O)(=O)c4ccc(Cl)cc4)nc3C(C)C2C1O. The first-order valence-electron chi connectivity index (χ1n) is 13.8. The van der Waals surface area contributed by atoms with Crippen molar-refractivity contribution in [3.05, 3.63) is 80.8 Å². The minimum Gasteiger partial charge on any atom is -0.392 e. The molecule has 2 aliphatic carbocycles. The number of hydrogen-bond donors (Lipinski definition) is 1. The van der Waals surface area contributed by atoms with E-state index in [0.29, 0.717) is 16.6 Å². The Balaban J connectivity index is 1.33. The van der Waals surface area contributed by atoms with E-state index >= 15 is 0 Å². The highest BCUT2D eigenvalue weighted by molar-refractivity contribution is 7.90. The van der Waals surface area contributed by atoms with E-state index in [9.17, 15) is 18.3 Å². The third kappa shape index (κ3) is 5.60. The van der Waals surface area contributed by atoms with Gasteiger partial charge >= 0.3 is 0 Å². The lowest BCUT2D eigenvalue weighted by Gasteiger charge is -2.53. The fraction of sp³-hybridized carbons (Fsp3) is 0.484. The Labute approximate surface area is 246 Å². The molecule has 1 saturated carbocycles. The number of nitrogens with zero attached hydrogens (tertiary/aromatic N) is 2. The number of sulfone groups is 1. The summed E-state index contributed by atoms with van der Waals surface area (Å²) < 4.78 is 26.1. The molecule has 2 aliphatic rings. The lowest BCUT2D eigenvalue weighted by atomic mass is 9.53. The van der Waals surface area contributed by atoms with Crippen molar-refractivity contribution in [2.75, 3.05) is 7.05 Å². The highest BCUT2D eigenvalue weighted by Crippen LogP contribution is 2.57. The Hall–Kier alpha value is -2.26. The normalized spacial score (nSPS) is 26.9. The van der Waals surface area contributed by atoms with Crippen molar-refractivity contribution < 1.29 is 18.3 Å². The van der Waals surface area contributed by atoms with Crippen LogP contribution in [0.3, 0.4) is 0 Å². The quantitative estimate of drug-likeness (QED) is 0.353. The van der Waals surface area contributed by atoms with Gasteiger partial charge in [0.1, 0.15) is 10.8 Å². The summed E-state index contributed by atoms with van der Waals surface area (Å²) in [4.78, 5) is 21.4. The van der Waals surface area contributed by atoms with Crippen LogP contribution in [0.15, 0.2) is 59.5 Å². The molecule has 1 aromatic heterocycles. The molecule has 9 heteroatoms. The summed E-state index contributed by atoms with van der Waals surface area (Å²) in [5, 5.41) is 12.8. The molecule has 0 bridgehead atoms. The van der Waals surface area contributed by atoms with Crippen LogP contribution in [0.2, 0.25) is 5.02 Å². The maximum absolute atomic E-state index is 13.4. The lowest BCUT2D eigenvalue weighted by Crippen LogP contribution is -2.53. The number of halogens is 1. The summed E-state index contributed by atoms with van der Waals surface area (Å²) in [5.74, 6) is -0.668. The Morgan fingerprint density at radius 2 is 1.88 bits per heavy atom. The number of carbonyl (C=O) groups is 1. The first-order chi connectivity index (χ1) is 18.9. The Bertz CT molecular complexity index is 1470. The van der Waals surface area contributed by atoms with Gasteiger partial charge in [-0.1, -0.05) is 62.7 Å². The van der Waals surface area contributed by atoms with E-state index in [2.05, 4.69) is 13.8 Å². The molecule has 1 amide bonds. The summed E-state index contributed by atoms with van der Waals surface area (Å²) in [6.07, 6.45) is 1.79. The number of thiazole rings is 1. The molecule has 0 spiro atoms. The van der Waals surface area contributed by atoms with Crippen molar-refractivity contribution in [2.45, 2.75) is 69.2 Å². The van der Waals surface area contributed by atoms with Gasteiger partial charge in [0.2, 0.25) is 5.91 Å². The smallest absolute Gasteiger partial charge is 0.225 e. The van der Waals surface area contributed by atoms with Crippen LogP contribution >= 0.6 is 22.9 Å². The van der Waals surface area contributed by atoms with Crippen LogP contribution in [0.4, 0.5) is 0 Å². The van der Waals surface area contributed by atoms with Gasteiger partial charge in [0.25, 0.3) is 0 Å². The zero-order valence-corrected chi connectivity index (χ0v) is 25.8. The molecule has 40 heavy (non-hydrogen) atoms. The molecule has 6 nitrogen and oxygen atoms in total. The molecule has 1 heterocycles. The average Bonchev–Trinajstić information content (AvgIpc) is 3.29. The maximum atomic E-state index is 13.4. The van der Waals surface area contributed by atoms with E-state index in [1.54, 1.807) is 17.0 Å². The number of rotatable bonds is 7. The zero-order chi connectivity index (χ0) is 28.8. The molecule has 5 rings (SSSR count). The molecule has 1 N–H and O–H groups in total. The van der Waals surface area contributed by atoms with E-state index < -0.39 is 15.9 Å². The summed E-state index contributed by atoms with van der Waals surface area (Å²) in [5.41, 5.74) is 1.83. The number of hydrogen-bond acceptors (Lipinski definition) is 6. The minimum absolute atomic E-state index is 0.0425. The van der Waals surface area contributed by atoms with Gasteiger partial charge in [-0.15, -0.1) is 11.3 Å². The third-order valence-electron chi connectivity index (χ3n) is 9.12. The van der Waals surface area contributed by atoms with E-state index in [4.69, 9.17) is 16.6 Å². The number of aliphatic hydroxyl groups is 1. The fourth-order valence-electron chi connectivity index (χ4n) is 7.01. The van der Waals surface area contributed by atoms with Crippen LogP contribution in [-0.4, -0.2) is 42.5 Å². The van der Waals surface area contributed by atoms with Crippen LogP contribution in [0.25, 0.3) is 0 Å². The Morgan fingerprint density at radius 1 is 1.20 bits per heavy atom. The van der Waals surface area contributed by atoms with Gasteiger partial charge in [0.05, 0.1) is 16.7 Å². The van der Waals surface area contributed by atoms with Gasteiger partial charge in [0, 0.05) is 35.3 Å². The second-order valence-corrected chi connectivity index (χ2v) is 15.5. The molecule has 1 fully saturated rings. The topological polar surface area (TPSA) is 87.6 Å². The molecule has 6 atom stereocenters. The van der Waals surface area contributed by atoms with E-state index in [1.807, 2.05) is 44.3 Å². The van der Waals surface area contributed by atoms with Gasteiger partial charge < -0.3 is 10.0 Å².